The Morgan fingerprint density at radius 1 is 0.976 bits per heavy atom. The van der Waals surface area contributed by atoms with Gasteiger partial charge in [-0.15, -0.1) is 0 Å². The number of amides is 1. The molecule has 1 amide bonds. The van der Waals surface area contributed by atoms with Gasteiger partial charge in [-0.05, 0) is 52.6 Å². The van der Waals surface area contributed by atoms with Crippen molar-refractivity contribution in [2.45, 2.75) is 19.8 Å². The third-order valence-corrected chi connectivity index (χ3v) is 8.06. The van der Waals surface area contributed by atoms with Crippen LogP contribution in [0.2, 0.25) is 5.02 Å². The first-order valence-electron chi connectivity index (χ1n) is 13.9. The van der Waals surface area contributed by atoms with Crippen LogP contribution in [-0.2, 0) is 4.79 Å². The first-order chi connectivity index (χ1) is 20.3. The van der Waals surface area contributed by atoms with Gasteiger partial charge in [-0.3, -0.25) is 4.79 Å². The van der Waals surface area contributed by atoms with E-state index < -0.39 is 5.69 Å². The molecule has 0 spiro atoms. The number of benzene rings is 3. The first kappa shape index (κ1) is 27.5. The molecule has 9 heteroatoms. The molecule has 3 heterocycles. The summed E-state index contributed by atoms with van der Waals surface area (Å²) in [4.78, 5) is 39.5. The van der Waals surface area contributed by atoms with Crippen molar-refractivity contribution in [3.05, 3.63) is 100 Å². The van der Waals surface area contributed by atoms with Crippen LogP contribution >= 0.6 is 11.6 Å². The number of phenolic OH excluding ortho intramolecular Hbond substituents is 1. The molecule has 0 aliphatic carbocycles. The third-order valence-electron chi connectivity index (χ3n) is 7.77. The quantitative estimate of drug-likeness (QED) is 0.260. The summed E-state index contributed by atoms with van der Waals surface area (Å²) in [6.45, 7) is 9.67. The number of anilines is 1. The molecule has 8 nitrogen and oxygen atoms in total. The second kappa shape index (κ2) is 10.9. The minimum atomic E-state index is -0.461. The van der Waals surface area contributed by atoms with Crippen LogP contribution in [-0.4, -0.2) is 56.6 Å². The van der Waals surface area contributed by atoms with Crippen LogP contribution in [0.1, 0.15) is 25.3 Å². The number of carbonyl (C=O) groups excluding carboxylic acids is 1. The summed E-state index contributed by atoms with van der Waals surface area (Å²) in [5, 5.41) is 13.3. The average molecular weight is 580 g/mol. The summed E-state index contributed by atoms with van der Waals surface area (Å²) in [6.07, 6.45) is 1.31. The fourth-order valence-electron chi connectivity index (χ4n) is 5.69. The normalized spacial score (nSPS) is 13.7. The molecule has 212 valence electrons. The molecule has 1 aliphatic rings. The van der Waals surface area contributed by atoms with Crippen molar-refractivity contribution in [1.29, 1.82) is 0 Å². The summed E-state index contributed by atoms with van der Waals surface area (Å²) in [5.74, 6) is 0.577. The number of carbonyl (C=O) groups is 1. The largest absolute Gasteiger partial charge is 0.508 e. The number of fused-ring (bicyclic) bond motifs is 2. The van der Waals surface area contributed by atoms with Gasteiger partial charge >= 0.3 is 5.69 Å². The second-order valence-corrected chi connectivity index (χ2v) is 11.1. The lowest BCUT2D eigenvalue weighted by Crippen LogP contribution is -2.49. The number of nitrogens with zero attached hydrogens (tertiary/aromatic N) is 5. The van der Waals surface area contributed by atoms with Crippen molar-refractivity contribution in [3.63, 3.8) is 0 Å². The van der Waals surface area contributed by atoms with Gasteiger partial charge in [0.05, 0.1) is 21.8 Å². The number of halogens is 1. The SMILES string of the molecule is C=CC(=O)N1CCN(c2nc(=O)n(-c3ccccc3C(C)C)c3nc(-c4cc(O)cc5ccccc45)c(Cl)cc23)CC1. The number of para-hydroxylation sites is 1. The van der Waals surface area contributed by atoms with E-state index in [1.807, 2.05) is 53.4 Å². The Morgan fingerprint density at radius 3 is 2.43 bits per heavy atom. The second-order valence-electron chi connectivity index (χ2n) is 10.7. The number of hydrogen-bond acceptors (Lipinski definition) is 6. The minimum absolute atomic E-state index is 0.0894. The summed E-state index contributed by atoms with van der Waals surface area (Å²) in [6, 6.07) is 20.6. The molecule has 3 aromatic carbocycles. The predicted octanol–water partition coefficient (Wildman–Crippen LogP) is 5.92. The van der Waals surface area contributed by atoms with Gasteiger partial charge < -0.3 is 14.9 Å². The molecule has 2 aromatic heterocycles. The molecule has 1 fully saturated rings. The predicted molar refractivity (Wildman–Crippen MR) is 168 cm³/mol. The van der Waals surface area contributed by atoms with Crippen LogP contribution in [0.3, 0.4) is 0 Å². The van der Waals surface area contributed by atoms with E-state index in [0.29, 0.717) is 65.0 Å². The van der Waals surface area contributed by atoms with Crippen LogP contribution in [0.5, 0.6) is 5.75 Å². The lowest BCUT2D eigenvalue weighted by atomic mass is 10.00. The van der Waals surface area contributed by atoms with Crippen molar-refractivity contribution >= 4 is 45.1 Å². The van der Waals surface area contributed by atoms with Crippen LogP contribution in [0.4, 0.5) is 5.82 Å². The number of rotatable bonds is 5. The molecule has 0 saturated carbocycles. The van der Waals surface area contributed by atoms with E-state index in [2.05, 4.69) is 25.4 Å². The summed E-state index contributed by atoms with van der Waals surface area (Å²) in [7, 11) is 0. The van der Waals surface area contributed by atoms with Crippen LogP contribution in [0.15, 0.2) is 84.2 Å². The lowest BCUT2D eigenvalue weighted by molar-refractivity contribution is -0.126. The Morgan fingerprint density at radius 2 is 1.69 bits per heavy atom. The lowest BCUT2D eigenvalue weighted by Gasteiger charge is -2.35. The Labute approximate surface area is 248 Å². The van der Waals surface area contributed by atoms with Crippen molar-refractivity contribution < 1.29 is 9.90 Å². The maximum absolute atomic E-state index is 13.9. The first-order valence-corrected chi connectivity index (χ1v) is 14.3. The van der Waals surface area contributed by atoms with Gasteiger partial charge in [0.15, 0.2) is 5.65 Å². The zero-order valence-corrected chi connectivity index (χ0v) is 24.2. The third kappa shape index (κ3) is 4.77. The molecular formula is C33H30ClN5O3. The topological polar surface area (TPSA) is 91.6 Å². The van der Waals surface area contributed by atoms with Gasteiger partial charge in [0.2, 0.25) is 5.91 Å². The highest BCUT2D eigenvalue weighted by Gasteiger charge is 2.26. The smallest absolute Gasteiger partial charge is 0.355 e. The van der Waals surface area contributed by atoms with Gasteiger partial charge in [-0.1, -0.05) is 74.5 Å². The van der Waals surface area contributed by atoms with Gasteiger partial charge in [-0.2, -0.15) is 4.98 Å². The van der Waals surface area contributed by atoms with E-state index in [-0.39, 0.29) is 17.6 Å². The number of aromatic hydroxyl groups is 1. The molecule has 0 radical (unpaired) electrons. The Balaban J connectivity index is 1.63. The summed E-state index contributed by atoms with van der Waals surface area (Å²) < 4.78 is 1.55. The maximum Gasteiger partial charge on any atom is 0.355 e. The highest BCUT2D eigenvalue weighted by atomic mass is 35.5. The highest BCUT2D eigenvalue weighted by Crippen LogP contribution is 2.38. The van der Waals surface area contributed by atoms with E-state index in [9.17, 15) is 14.7 Å². The van der Waals surface area contributed by atoms with Crippen molar-refractivity contribution in [3.8, 4) is 22.7 Å². The maximum atomic E-state index is 13.9. The Bertz CT molecular complexity index is 1930. The van der Waals surface area contributed by atoms with E-state index >= 15 is 0 Å². The molecular weight excluding hydrogens is 550 g/mol. The molecule has 5 aromatic rings. The van der Waals surface area contributed by atoms with Crippen molar-refractivity contribution in [1.82, 2.24) is 19.4 Å². The van der Waals surface area contributed by atoms with E-state index in [1.165, 1.54) is 6.08 Å². The zero-order chi connectivity index (χ0) is 29.5. The molecule has 1 aliphatic heterocycles. The Hall–Kier alpha value is -4.69. The van der Waals surface area contributed by atoms with Gasteiger partial charge in [0.1, 0.15) is 11.6 Å². The molecule has 1 N–H and O–H groups in total. The standard InChI is InChI=1S/C33H30ClN5O3/c1-4-29(41)37-13-15-38(16-14-37)31-26-19-27(34)30(25-18-22(40)17-21-9-5-6-11-24(21)25)35-32(26)39(33(42)36-31)28-12-8-7-10-23(28)20(2)3/h4-12,17-20,40H,1,13-16H2,2-3H3. The van der Waals surface area contributed by atoms with Crippen LogP contribution in [0, 0.1) is 0 Å². The molecule has 6 rings (SSSR count). The molecule has 42 heavy (non-hydrogen) atoms. The molecule has 0 unspecified atom stereocenters. The summed E-state index contributed by atoms with van der Waals surface area (Å²) in [5.41, 5.74) is 2.73. The van der Waals surface area contributed by atoms with Crippen molar-refractivity contribution in [2.24, 2.45) is 0 Å². The average Bonchev–Trinajstić information content (AvgIpc) is 3.00. The number of aromatic nitrogens is 3. The van der Waals surface area contributed by atoms with Gasteiger partial charge in [0.25, 0.3) is 0 Å². The monoisotopic (exact) mass is 579 g/mol. The molecule has 0 atom stereocenters. The zero-order valence-electron chi connectivity index (χ0n) is 23.4. The van der Waals surface area contributed by atoms with E-state index in [4.69, 9.17) is 16.6 Å². The van der Waals surface area contributed by atoms with E-state index in [0.717, 1.165) is 16.3 Å². The number of phenols is 1. The van der Waals surface area contributed by atoms with Gasteiger partial charge in [0, 0.05) is 31.7 Å². The molecule has 1 saturated heterocycles. The molecule has 0 bridgehead atoms. The van der Waals surface area contributed by atoms with E-state index in [1.54, 1.807) is 27.7 Å². The highest BCUT2D eigenvalue weighted by molar-refractivity contribution is 6.34. The number of pyridine rings is 1. The Kier molecular flexibility index (Phi) is 7.16. The number of hydrogen-bond donors (Lipinski definition) is 1. The fourth-order valence-corrected chi connectivity index (χ4v) is 5.94. The fraction of sp³-hybridized carbons (Fsp3) is 0.212. The number of piperazine rings is 1. The van der Waals surface area contributed by atoms with Crippen LogP contribution in [0.25, 0.3) is 38.8 Å². The minimum Gasteiger partial charge on any atom is -0.508 e. The van der Waals surface area contributed by atoms with Crippen LogP contribution < -0.4 is 10.6 Å². The van der Waals surface area contributed by atoms with Crippen molar-refractivity contribution in [2.75, 3.05) is 31.1 Å². The van der Waals surface area contributed by atoms with Gasteiger partial charge in [-0.25, -0.2) is 14.3 Å². The summed E-state index contributed by atoms with van der Waals surface area (Å²) >= 11 is 6.96.